The summed E-state index contributed by atoms with van der Waals surface area (Å²) in [4.78, 5) is 0. The molecular weight excluding hydrogens is 227 g/mol. The van der Waals surface area contributed by atoms with E-state index in [-0.39, 0.29) is 10.6 Å². The fourth-order valence-corrected chi connectivity index (χ4v) is 1.85. The molecule has 1 atom stereocenters. The lowest BCUT2D eigenvalue weighted by atomic mass is 9.94. The van der Waals surface area contributed by atoms with Gasteiger partial charge in [0.2, 0.25) is 0 Å². The molecule has 1 aromatic rings. The molecule has 0 heterocycles. The average molecular weight is 238 g/mol. The van der Waals surface area contributed by atoms with E-state index in [1.807, 2.05) is 0 Å². The van der Waals surface area contributed by atoms with Crippen molar-refractivity contribution < 1.29 is 13.2 Å². The van der Waals surface area contributed by atoms with Gasteiger partial charge in [0.05, 0.1) is 5.92 Å². The van der Waals surface area contributed by atoms with Crippen LogP contribution in [0.5, 0.6) is 0 Å². The number of benzene rings is 1. The fraction of sp³-hybridized carbons (Fsp3) is 0.400. The van der Waals surface area contributed by atoms with Crippen LogP contribution in [0.3, 0.4) is 0 Å². The lowest BCUT2D eigenvalue weighted by Crippen LogP contribution is -2.28. The van der Waals surface area contributed by atoms with E-state index < -0.39 is 18.6 Å². The van der Waals surface area contributed by atoms with Gasteiger partial charge in [-0.15, -0.1) is 0 Å². The van der Waals surface area contributed by atoms with Crippen LogP contribution in [-0.2, 0) is 0 Å². The summed E-state index contributed by atoms with van der Waals surface area (Å²) in [6.45, 7) is 1.10. The van der Waals surface area contributed by atoms with E-state index in [1.165, 1.54) is 6.07 Å². The molecule has 0 bridgehead atoms. The molecule has 1 aromatic carbocycles. The quantitative estimate of drug-likeness (QED) is 0.840. The average Bonchev–Trinajstić information content (AvgIpc) is 2.09. The van der Waals surface area contributed by atoms with Crippen LogP contribution in [0.25, 0.3) is 0 Å². The zero-order valence-electron chi connectivity index (χ0n) is 8.11. The summed E-state index contributed by atoms with van der Waals surface area (Å²) < 4.78 is 37.9. The monoisotopic (exact) mass is 237 g/mol. The molecule has 0 fully saturated rings. The Labute approximate surface area is 91.0 Å². The van der Waals surface area contributed by atoms with Crippen molar-refractivity contribution in [3.63, 3.8) is 0 Å². The molecular formula is C10H11ClF3N. The molecule has 0 saturated heterocycles. The molecule has 0 spiro atoms. The first-order valence-electron chi connectivity index (χ1n) is 4.39. The van der Waals surface area contributed by atoms with Crippen molar-refractivity contribution in [2.75, 3.05) is 6.54 Å². The lowest BCUT2D eigenvalue weighted by Gasteiger charge is -2.21. The van der Waals surface area contributed by atoms with Crippen LogP contribution in [0.4, 0.5) is 13.2 Å². The van der Waals surface area contributed by atoms with Gasteiger partial charge in [-0.25, -0.2) is 0 Å². The van der Waals surface area contributed by atoms with Crippen molar-refractivity contribution in [1.82, 2.24) is 0 Å². The van der Waals surface area contributed by atoms with Crippen molar-refractivity contribution in [1.29, 1.82) is 0 Å². The molecule has 2 N–H and O–H groups in total. The lowest BCUT2D eigenvalue weighted by molar-refractivity contribution is -0.148. The summed E-state index contributed by atoms with van der Waals surface area (Å²) in [7, 11) is 0. The number of halogens is 4. The van der Waals surface area contributed by atoms with Gasteiger partial charge in [-0.3, -0.25) is 0 Å². The number of hydrogen-bond acceptors (Lipinski definition) is 1. The largest absolute Gasteiger partial charge is 0.397 e. The van der Waals surface area contributed by atoms with Crippen LogP contribution >= 0.6 is 11.6 Å². The second-order valence-corrected chi connectivity index (χ2v) is 3.71. The molecule has 0 amide bonds. The molecule has 0 aliphatic carbocycles. The van der Waals surface area contributed by atoms with Crippen LogP contribution in [-0.4, -0.2) is 12.7 Å². The molecule has 84 valence electrons. The highest BCUT2D eigenvalue weighted by Crippen LogP contribution is 2.38. The molecule has 1 unspecified atom stereocenters. The van der Waals surface area contributed by atoms with Crippen LogP contribution < -0.4 is 5.73 Å². The second-order valence-electron chi connectivity index (χ2n) is 3.30. The molecule has 0 aromatic heterocycles. The summed E-state index contributed by atoms with van der Waals surface area (Å²) in [5, 5.41) is 0.114. The number of aryl methyl sites for hydroxylation is 1. The van der Waals surface area contributed by atoms with Gasteiger partial charge >= 0.3 is 6.18 Å². The molecule has 0 aliphatic rings. The van der Waals surface area contributed by atoms with Gasteiger partial charge < -0.3 is 5.73 Å². The third-order valence-electron chi connectivity index (χ3n) is 2.25. The van der Waals surface area contributed by atoms with Gasteiger partial charge in [0, 0.05) is 11.6 Å². The van der Waals surface area contributed by atoms with Gasteiger partial charge in [0.1, 0.15) is 0 Å². The van der Waals surface area contributed by atoms with Crippen LogP contribution in [0.2, 0.25) is 5.02 Å². The number of nitrogens with two attached hydrogens (primary N) is 1. The van der Waals surface area contributed by atoms with E-state index in [4.69, 9.17) is 17.3 Å². The zero-order chi connectivity index (χ0) is 11.6. The Bertz CT molecular complexity index is 329. The van der Waals surface area contributed by atoms with E-state index >= 15 is 0 Å². The zero-order valence-corrected chi connectivity index (χ0v) is 8.86. The Morgan fingerprint density at radius 3 is 2.40 bits per heavy atom. The Morgan fingerprint density at radius 1 is 1.40 bits per heavy atom. The fourth-order valence-electron chi connectivity index (χ4n) is 1.50. The van der Waals surface area contributed by atoms with Crippen molar-refractivity contribution in [3.8, 4) is 0 Å². The minimum Gasteiger partial charge on any atom is -0.330 e. The first-order valence-corrected chi connectivity index (χ1v) is 4.77. The highest BCUT2D eigenvalue weighted by molar-refractivity contribution is 6.31. The molecule has 5 heteroatoms. The van der Waals surface area contributed by atoms with E-state index in [2.05, 4.69) is 0 Å². The maximum atomic E-state index is 12.6. The van der Waals surface area contributed by atoms with Crippen molar-refractivity contribution in [2.45, 2.75) is 19.0 Å². The van der Waals surface area contributed by atoms with Crippen LogP contribution in [0, 0.1) is 6.92 Å². The predicted molar refractivity (Wildman–Crippen MR) is 54.0 cm³/mol. The standard InChI is InChI=1S/C10H11ClF3N/c1-6-3-2-4-8(11)9(6)7(5-15)10(12,13)14/h2-4,7H,5,15H2,1H3. The van der Waals surface area contributed by atoms with Gasteiger partial charge in [-0.05, 0) is 24.1 Å². The van der Waals surface area contributed by atoms with Crippen LogP contribution in [0.15, 0.2) is 18.2 Å². The van der Waals surface area contributed by atoms with Gasteiger partial charge in [-0.2, -0.15) is 13.2 Å². The Hall–Kier alpha value is -0.740. The van der Waals surface area contributed by atoms with Gasteiger partial charge in [0.15, 0.2) is 0 Å². The maximum absolute atomic E-state index is 12.6. The van der Waals surface area contributed by atoms with Crippen molar-refractivity contribution >= 4 is 11.6 Å². The normalized spacial score (nSPS) is 14.0. The van der Waals surface area contributed by atoms with Crippen LogP contribution in [0.1, 0.15) is 17.0 Å². The summed E-state index contributed by atoms with van der Waals surface area (Å²) >= 11 is 5.75. The first kappa shape index (κ1) is 12.3. The summed E-state index contributed by atoms with van der Waals surface area (Å²) in [5.41, 5.74) is 5.74. The number of hydrogen-bond donors (Lipinski definition) is 1. The molecule has 1 nitrogen and oxygen atoms in total. The highest BCUT2D eigenvalue weighted by Gasteiger charge is 2.41. The highest BCUT2D eigenvalue weighted by atomic mass is 35.5. The minimum atomic E-state index is -4.36. The topological polar surface area (TPSA) is 26.0 Å². The predicted octanol–water partition coefficient (Wildman–Crippen LogP) is 3.25. The summed E-state index contributed by atoms with van der Waals surface area (Å²) in [6.07, 6.45) is -4.36. The number of rotatable bonds is 2. The summed E-state index contributed by atoms with van der Waals surface area (Å²) in [6, 6.07) is 4.65. The van der Waals surface area contributed by atoms with E-state index in [1.54, 1.807) is 19.1 Å². The minimum absolute atomic E-state index is 0.0779. The van der Waals surface area contributed by atoms with E-state index in [0.29, 0.717) is 5.56 Å². The maximum Gasteiger partial charge on any atom is 0.397 e. The third kappa shape index (κ3) is 2.63. The Kier molecular flexibility index (Phi) is 3.62. The molecule has 0 radical (unpaired) electrons. The van der Waals surface area contributed by atoms with E-state index in [9.17, 15) is 13.2 Å². The molecule has 0 aliphatic heterocycles. The Morgan fingerprint density at radius 2 is 2.00 bits per heavy atom. The second kappa shape index (κ2) is 4.41. The SMILES string of the molecule is Cc1cccc(Cl)c1C(CN)C(F)(F)F. The van der Waals surface area contributed by atoms with Gasteiger partial charge in [0.25, 0.3) is 0 Å². The molecule has 0 saturated carbocycles. The molecule has 1 rings (SSSR count). The summed E-state index contributed by atoms with van der Waals surface area (Å²) in [5.74, 6) is -1.69. The Balaban J connectivity index is 3.24. The molecule has 15 heavy (non-hydrogen) atoms. The van der Waals surface area contributed by atoms with E-state index in [0.717, 1.165) is 0 Å². The van der Waals surface area contributed by atoms with Gasteiger partial charge in [-0.1, -0.05) is 23.7 Å². The van der Waals surface area contributed by atoms with Crippen molar-refractivity contribution in [2.24, 2.45) is 5.73 Å². The first-order chi connectivity index (χ1) is 6.88. The third-order valence-corrected chi connectivity index (χ3v) is 2.58. The number of alkyl halides is 3. The van der Waals surface area contributed by atoms with Crippen molar-refractivity contribution in [3.05, 3.63) is 34.3 Å². The smallest absolute Gasteiger partial charge is 0.330 e.